The molecule has 1 aromatic rings. The van der Waals surface area contributed by atoms with E-state index >= 15 is 0 Å². The number of hydrogen-bond acceptors (Lipinski definition) is 1. The maximum absolute atomic E-state index is 3.74. The molecule has 0 aliphatic rings. The van der Waals surface area contributed by atoms with Gasteiger partial charge in [-0.3, -0.25) is 0 Å². The molecule has 120 valence electrons. The van der Waals surface area contributed by atoms with Gasteiger partial charge in [0.1, 0.15) is 0 Å². The third kappa shape index (κ3) is 7.66. The standard InChI is InChI=1S/C20H35N/c1-5-7-8-9-10-11-20(21-14-6-2)16-19-13-12-17(3)18(4)15-19/h12-13,15,20-21H,5-11,14,16H2,1-4H3. The molecule has 0 aliphatic carbocycles. The minimum absolute atomic E-state index is 0.647. The van der Waals surface area contributed by atoms with Crippen LogP contribution in [-0.2, 0) is 6.42 Å². The van der Waals surface area contributed by atoms with Crippen LogP contribution in [0.5, 0.6) is 0 Å². The van der Waals surface area contributed by atoms with E-state index in [1.165, 1.54) is 68.1 Å². The predicted molar refractivity (Wildman–Crippen MR) is 95.1 cm³/mol. The molecule has 0 aliphatic heterocycles. The quantitative estimate of drug-likeness (QED) is 0.525. The second kappa shape index (κ2) is 10.8. The number of aryl methyl sites for hydroxylation is 2. The molecule has 0 bridgehead atoms. The Morgan fingerprint density at radius 2 is 1.67 bits per heavy atom. The third-order valence-electron chi connectivity index (χ3n) is 4.39. The molecule has 1 atom stereocenters. The van der Waals surface area contributed by atoms with Crippen molar-refractivity contribution in [1.29, 1.82) is 0 Å². The lowest BCUT2D eigenvalue weighted by Crippen LogP contribution is -2.31. The van der Waals surface area contributed by atoms with Crippen molar-refractivity contribution in [1.82, 2.24) is 5.32 Å². The van der Waals surface area contributed by atoms with Gasteiger partial charge in [-0.15, -0.1) is 0 Å². The summed E-state index contributed by atoms with van der Waals surface area (Å²) >= 11 is 0. The maximum Gasteiger partial charge on any atom is 0.0107 e. The lowest BCUT2D eigenvalue weighted by molar-refractivity contribution is 0.451. The van der Waals surface area contributed by atoms with Crippen LogP contribution in [0.25, 0.3) is 0 Å². The zero-order valence-corrected chi connectivity index (χ0v) is 14.7. The summed E-state index contributed by atoms with van der Waals surface area (Å²) in [5, 5.41) is 3.74. The molecule has 1 N–H and O–H groups in total. The van der Waals surface area contributed by atoms with E-state index in [1.54, 1.807) is 0 Å². The van der Waals surface area contributed by atoms with Crippen LogP contribution in [0.3, 0.4) is 0 Å². The Morgan fingerprint density at radius 3 is 2.33 bits per heavy atom. The average molecular weight is 290 g/mol. The van der Waals surface area contributed by atoms with Gasteiger partial charge in [-0.1, -0.05) is 64.2 Å². The minimum atomic E-state index is 0.647. The van der Waals surface area contributed by atoms with Gasteiger partial charge in [-0.05, 0) is 56.3 Å². The first-order valence-corrected chi connectivity index (χ1v) is 8.96. The summed E-state index contributed by atoms with van der Waals surface area (Å²) in [5.74, 6) is 0. The van der Waals surface area contributed by atoms with Crippen molar-refractivity contribution in [3.63, 3.8) is 0 Å². The Labute approximate surface area is 132 Å². The van der Waals surface area contributed by atoms with Gasteiger partial charge in [-0.2, -0.15) is 0 Å². The largest absolute Gasteiger partial charge is 0.314 e. The van der Waals surface area contributed by atoms with Gasteiger partial charge in [0.25, 0.3) is 0 Å². The molecule has 1 rings (SSSR count). The van der Waals surface area contributed by atoms with E-state index in [2.05, 4.69) is 51.2 Å². The zero-order valence-electron chi connectivity index (χ0n) is 14.7. The normalized spacial score (nSPS) is 12.6. The number of rotatable bonds is 11. The van der Waals surface area contributed by atoms with Crippen molar-refractivity contribution in [2.75, 3.05) is 6.54 Å². The van der Waals surface area contributed by atoms with Crippen molar-refractivity contribution in [2.24, 2.45) is 0 Å². The van der Waals surface area contributed by atoms with Crippen LogP contribution in [0, 0.1) is 13.8 Å². The van der Waals surface area contributed by atoms with Gasteiger partial charge in [0.05, 0.1) is 0 Å². The van der Waals surface area contributed by atoms with Gasteiger partial charge >= 0.3 is 0 Å². The Hall–Kier alpha value is -0.820. The van der Waals surface area contributed by atoms with E-state index in [1.807, 2.05) is 0 Å². The van der Waals surface area contributed by atoms with Crippen LogP contribution in [0.2, 0.25) is 0 Å². The molecule has 0 aromatic heterocycles. The highest BCUT2D eigenvalue weighted by molar-refractivity contribution is 5.30. The first-order valence-electron chi connectivity index (χ1n) is 8.96. The monoisotopic (exact) mass is 289 g/mol. The molecule has 1 aromatic carbocycles. The fourth-order valence-electron chi connectivity index (χ4n) is 2.83. The summed E-state index contributed by atoms with van der Waals surface area (Å²) in [6.45, 7) is 10.1. The first-order chi connectivity index (χ1) is 10.2. The summed E-state index contributed by atoms with van der Waals surface area (Å²) < 4.78 is 0. The van der Waals surface area contributed by atoms with Crippen LogP contribution < -0.4 is 5.32 Å². The lowest BCUT2D eigenvalue weighted by Gasteiger charge is -2.19. The Kier molecular flexibility index (Phi) is 9.41. The van der Waals surface area contributed by atoms with Crippen molar-refractivity contribution < 1.29 is 0 Å². The molecule has 0 fully saturated rings. The molecule has 1 unspecified atom stereocenters. The van der Waals surface area contributed by atoms with E-state index in [-0.39, 0.29) is 0 Å². The van der Waals surface area contributed by atoms with E-state index in [4.69, 9.17) is 0 Å². The van der Waals surface area contributed by atoms with Crippen LogP contribution in [-0.4, -0.2) is 12.6 Å². The van der Waals surface area contributed by atoms with Gasteiger partial charge in [0.15, 0.2) is 0 Å². The molecule has 0 saturated carbocycles. The zero-order chi connectivity index (χ0) is 15.5. The number of hydrogen-bond donors (Lipinski definition) is 1. The molecule has 0 heterocycles. The van der Waals surface area contributed by atoms with Gasteiger partial charge in [0, 0.05) is 6.04 Å². The number of nitrogens with one attached hydrogen (secondary N) is 1. The van der Waals surface area contributed by atoms with E-state index in [9.17, 15) is 0 Å². The van der Waals surface area contributed by atoms with Gasteiger partial charge in [-0.25, -0.2) is 0 Å². The molecule has 1 nitrogen and oxygen atoms in total. The Bertz CT molecular complexity index is 383. The first kappa shape index (κ1) is 18.2. The summed E-state index contributed by atoms with van der Waals surface area (Å²) in [7, 11) is 0. The molecular formula is C20H35N. The van der Waals surface area contributed by atoms with Gasteiger partial charge in [0.2, 0.25) is 0 Å². The fourth-order valence-corrected chi connectivity index (χ4v) is 2.83. The summed E-state index contributed by atoms with van der Waals surface area (Å²) in [5.41, 5.74) is 4.31. The van der Waals surface area contributed by atoms with E-state index < -0.39 is 0 Å². The number of benzene rings is 1. The van der Waals surface area contributed by atoms with Crippen LogP contribution in [0.15, 0.2) is 18.2 Å². The summed E-state index contributed by atoms with van der Waals surface area (Å²) in [6.07, 6.45) is 10.6. The Morgan fingerprint density at radius 1 is 0.905 bits per heavy atom. The van der Waals surface area contributed by atoms with Crippen molar-refractivity contribution in [3.05, 3.63) is 34.9 Å². The molecule has 0 radical (unpaired) electrons. The minimum Gasteiger partial charge on any atom is -0.314 e. The smallest absolute Gasteiger partial charge is 0.0107 e. The molecule has 21 heavy (non-hydrogen) atoms. The SMILES string of the molecule is CCCCCCCC(Cc1ccc(C)c(C)c1)NCCC. The number of unbranched alkanes of at least 4 members (excludes halogenated alkanes) is 4. The maximum atomic E-state index is 3.74. The van der Waals surface area contributed by atoms with Crippen LogP contribution in [0.1, 0.15) is 75.5 Å². The highest BCUT2D eigenvalue weighted by Crippen LogP contribution is 2.15. The summed E-state index contributed by atoms with van der Waals surface area (Å²) in [4.78, 5) is 0. The average Bonchev–Trinajstić information content (AvgIpc) is 2.48. The van der Waals surface area contributed by atoms with Crippen molar-refractivity contribution in [2.45, 2.75) is 85.1 Å². The van der Waals surface area contributed by atoms with Crippen LogP contribution in [0.4, 0.5) is 0 Å². The highest BCUT2D eigenvalue weighted by atomic mass is 14.9. The third-order valence-corrected chi connectivity index (χ3v) is 4.39. The topological polar surface area (TPSA) is 12.0 Å². The molecule has 1 heteroatoms. The Balaban J connectivity index is 2.46. The van der Waals surface area contributed by atoms with Crippen molar-refractivity contribution >= 4 is 0 Å². The molecule has 0 amide bonds. The van der Waals surface area contributed by atoms with Gasteiger partial charge < -0.3 is 5.32 Å². The second-order valence-electron chi connectivity index (χ2n) is 6.48. The second-order valence-corrected chi connectivity index (χ2v) is 6.48. The molecule has 0 saturated heterocycles. The molecular weight excluding hydrogens is 254 g/mol. The molecule has 0 spiro atoms. The van der Waals surface area contributed by atoms with Crippen molar-refractivity contribution in [3.8, 4) is 0 Å². The van der Waals surface area contributed by atoms with E-state index in [0.717, 1.165) is 6.54 Å². The predicted octanol–water partition coefficient (Wildman–Crippen LogP) is 5.57. The lowest BCUT2D eigenvalue weighted by atomic mass is 9.97. The van der Waals surface area contributed by atoms with Crippen LogP contribution >= 0.6 is 0 Å². The highest BCUT2D eigenvalue weighted by Gasteiger charge is 2.09. The van der Waals surface area contributed by atoms with E-state index in [0.29, 0.717) is 6.04 Å². The summed E-state index contributed by atoms with van der Waals surface area (Å²) in [6, 6.07) is 7.59. The fraction of sp³-hybridized carbons (Fsp3) is 0.700.